The molecular weight excluding hydrogens is 597 g/mol. The number of thiophene rings is 1. The lowest BCUT2D eigenvalue weighted by Crippen LogP contribution is -2.00. The summed E-state index contributed by atoms with van der Waals surface area (Å²) < 4.78 is 2.16. The topological polar surface area (TPSA) is 77.3 Å². The summed E-state index contributed by atoms with van der Waals surface area (Å²) in [5.74, 6) is 1.82. The summed E-state index contributed by atoms with van der Waals surface area (Å²) in [5.41, 5.74) is 7.58. The van der Waals surface area contributed by atoms with Crippen molar-refractivity contribution in [2.75, 3.05) is 0 Å². The van der Waals surface area contributed by atoms with Gasteiger partial charge in [-0.25, -0.2) is 15.0 Å². The van der Waals surface area contributed by atoms with Gasteiger partial charge in [0.2, 0.25) is 0 Å². The smallest absolute Gasteiger partial charge is 0.164 e. The van der Waals surface area contributed by atoms with E-state index in [0.29, 0.717) is 17.5 Å². The zero-order valence-electron chi connectivity index (χ0n) is 24.9. The number of fused-ring (bicyclic) bond motifs is 4. The molecule has 0 saturated carbocycles. The maximum atomic E-state index is 5.00. The van der Waals surface area contributed by atoms with Gasteiger partial charge in [0.1, 0.15) is 11.2 Å². The molecule has 0 radical (unpaired) electrons. The molecule has 47 heavy (non-hydrogen) atoms. The molecule has 0 bridgehead atoms. The van der Waals surface area contributed by atoms with Gasteiger partial charge in [-0.2, -0.15) is 0 Å². The van der Waals surface area contributed by atoms with E-state index in [-0.39, 0.29) is 0 Å². The van der Waals surface area contributed by atoms with Gasteiger partial charge in [0.05, 0.1) is 4.70 Å². The first-order valence-electron chi connectivity index (χ1n) is 15.3. The van der Waals surface area contributed by atoms with Gasteiger partial charge in [-0.3, -0.25) is 0 Å². The van der Waals surface area contributed by atoms with Crippen LogP contribution in [0.15, 0.2) is 146 Å². The fourth-order valence-electron chi connectivity index (χ4n) is 5.97. The van der Waals surface area contributed by atoms with E-state index in [4.69, 9.17) is 15.0 Å². The molecule has 9 aromatic rings. The molecule has 7 heteroatoms. The van der Waals surface area contributed by atoms with Gasteiger partial charge in [-0.1, -0.05) is 127 Å². The zero-order valence-corrected chi connectivity index (χ0v) is 25.8. The molecule has 3 aromatic heterocycles. The normalized spacial score (nSPS) is 11.4. The van der Waals surface area contributed by atoms with Gasteiger partial charge in [-0.15, -0.1) is 21.5 Å². The number of hydrogen-bond donors (Lipinski definition) is 0. The minimum atomic E-state index is 0.587. The number of hydrogen-bond acceptors (Lipinski definition) is 7. The van der Waals surface area contributed by atoms with Crippen LogP contribution in [0.4, 0.5) is 0 Å². The van der Waals surface area contributed by atoms with Crippen LogP contribution in [0.25, 0.3) is 87.6 Å². The Morgan fingerprint density at radius 2 is 0.936 bits per heavy atom. The summed E-state index contributed by atoms with van der Waals surface area (Å²) in [6, 6.07) is 49.7. The highest BCUT2D eigenvalue weighted by molar-refractivity contribution is 7.26. The summed E-state index contributed by atoms with van der Waals surface area (Å²) >= 11 is 1.69. The van der Waals surface area contributed by atoms with Gasteiger partial charge in [0.15, 0.2) is 17.5 Å². The molecule has 0 atom stereocenters. The number of aromatic nitrogens is 6. The molecule has 0 aliphatic heterocycles. The highest BCUT2D eigenvalue weighted by atomic mass is 32.1. The number of benzene rings is 6. The van der Waals surface area contributed by atoms with E-state index in [0.717, 1.165) is 59.4 Å². The predicted octanol–water partition coefficient (Wildman–Crippen LogP) is 9.91. The number of nitrogens with zero attached hydrogens (tertiary/aromatic N) is 6. The summed E-state index contributed by atoms with van der Waals surface area (Å²) in [4.78, 5) is 14.9. The monoisotopic (exact) mass is 620 g/mol. The van der Waals surface area contributed by atoms with Crippen LogP contribution in [0.1, 0.15) is 0 Å². The predicted molar refractivity (Wildman–Crippen MR) is 191 cm³/mol. The molecular formula is C40H24N6S. The van der Waals surface area contributed by atoms with E-state index < -0.39 is 0 Å². The van der Waals surface area contributed by atoms with E-state index in [9.17, 15) is 0 Å². The van der Waals surface area contributed by atoms with Crippen molar-refractivity contribution in [2.45, 2.75) is 0 Å². The lowest BCUT2D eigenvalue weighted by Gasteiger charge is -2.10. The van der Waals surface area contributed by atoms with Crippen molar-refractivity contribution in [1.82, 2.24) is 30.4 Å². The van der Waals surface area contributed by atoms with Gasteiger partial charge >= 0.3 is 0 Å². The third kappa shape index (κ3) is 4.99. The fourth-order valence-corrected chi connectivity index (χ4v) is 7.15. The van der Waals surface area contributed by atoms with Crippen LogP contribution >= 0.6 is 11.3 Å². The summed E-state index contributed by atoms with van der Waals surface area (Å²) in [6.07, 6.45) is 0. The summed E-state index contributed by atoms with van der Waals surface area (Å²) in [5, 5.41) is 16.7. The molecule has 3 heterocycles. The molecule has 220 valence electrons. The lowest BCUT2D eigenvalue weighted by molar-refractivity contribution is 0.904. The first-order chi connectivity index (χ1) is 23.3. The molecule has 0 amide bonds. The molecule has 0 fully saturated rings. The molecule has 0 N–H and O–H groups in total. The molecule has 0 aliphatic rings. The van der Waals surface area contributed by atoms with Gasteiger partial charge < -0.3 is 0 Å². The second kappa shape index (κ2) is 11.3. The average Bonchev–Trinajstić information content (AvgIpc) is 3.52. The van der Waals surface area contributed by atoms with Crippen LogP contribution in [0.5, 0.6) is 0 Å². The maximum Gasteiger partial charge on any atom is 0.164 e. The summed E-state index contributed by atoms with van der Waals surface area (Å²) in [6.45, 7) is 0. The zero-order chi connectivity index (χ0) is 31.2. The lowest BCUT2D eigenvalue weighted by atomic mass is 10.0. The van der Waals surface area contributed by atoms with Crippen molar-refractivity contribution in [3.8, 4) is 56.5 Å². The largest absolute Gasteiger partial charge is 0.208 e. The first-order valence-corrected chi connectivity index (χ1v) is 16.1. The molecule has 9 rings (SSSR count). The Bertz CT molecular complexity index is 2560. The van der Waals surface area contributed by atoms with Crippen LogP contribution in [0.3, 0.4) is 0 Å². The third-order valence-corrected chi connectivity index (χ3v) is 9.49. The van der Waals surface area contributed by atoms with Crippen LogP contribution in [0, 0.1) is 0 Å². The first kappa shape index (κ1) is 27.2. The van der Waals surface area contributed by atoms with Crippen molar-refractivity contribution >= 4 is 42.4 Å². The SMILES string of the molecule is c1ccc(-c2ccc(-c3nc(-c4ccccc4)nc(-c4cccc(-c5nnnc6c5sc5cc7ccccc7cc56)c4)n3)cc2)cc1. The van der Waals surface area contributed by atoms with E-state index in [2.05, 4.69) is 100 Å². The minimum absolute atomic E-state index is 0.587. The summed E-state index contributed by atoms with van der Waals surface area (Å²) in [7, 11) is 0. The maximum absolute atomic E-state index is 5.00. The second-order valence-corrected chi connectivity index (χ2v) is 12.4. The van der Waals surface area contributed by atoms with Crippen LogP contribution < -0.4 is 0 Å². The Balaban J connectivity index is 1.16. The molecule has 0 spiro atoms. The quantitative estimate of drug-likeness (QED) is 0.191. The minimum Gasteiger partial charge on any atom is -0.208 e. The highest BCUT2D eigenvalue weighted by Crippen LogP contribution is 2.39. The Labute approximate surface area is 274 Å². The van der Waals surface area contributed by atoms with E-state index in [1.165, 1.54) is 10.8 Å². The third-order valence-electron chi connectivity index (χ3n) is 8.35. The molecule has 0 saturated heterocycles. The Morgan fingerprint density at radius 3 is 1.66 bits per heavy atom. The molecule has 0 unspecified atom stereocenters. The van der Waals surface area contributed by atoms with Crippen LogP contribution in [-0.4, -0.2) is 30.4 Å². The van der Waals surface area contributed by atoms with Crippen molar-refractivity contribution in [2.24, 2.45) is 0 Å². The van der Waals surface area contributed by atoms with E-state index >= 15 is 0 Å². The van der Waals surface area contributed by atoms with Crippen LogP contribution in [-0.2, 0) is 0 Å². The standard InChI is InChI=1S/C40H24N6S/c1-3-10-25(11-4-1)26-18-20-28(21-19-26)39-41-38(27-12-5-2-6-13-27)42-40(43-39)32-17-9-16-31(22-32)35-37-36(45-46-44-35)33-23-29-14-7-8-15-30(29)24-34(33)47-37/h1-24H. The molecule has 0 aliphatic carbocycles. The Hall–Kier alpha value is -6.18. The number of rotatable bonds is 5. The van der Waals surface area contributed by atoms with E-state index in [1.807, 2.05) is 60.7 Å². The van der Waals surface area contributed by atoms with Crippen LogP contribution in [0.2, 0.25) is 0 Å². The Kier molecular flexibility index (Phi) is 6.54. The fraction of sp³-hybridized carbons (Fsp3) is 0. The molecule has 6 nitrogen and oxygen atoms in total. The van der Waals surface area contributed by atoms with Crippen molar-refractivity contribution in [3.05, 3.63) is 146 Å². The van der Waals surface area contributed by atoms with Gasteiger partial charge in [0.25, 0.3) is 0 Å². The van der Waals surface area contributed by atoms with Crippen molar-refractivity contribution in [1.29, 1.82) is 0 Å². The second-order valence-electron chi connectivity index (χ2n) is 11.3. The average molecular weight is 621 g/mol. The molecule has 6 aromatic carbocycles. The van der Waals surface area contributed by atoms with Crippen molar-refractivity contribution < 1.29 is 0 Å². The van der Waals surface area contributed by atoms with E-state index in [1.54, 1.807) is 11.3 Å². The van der Waals surface area contributed by atoms with Crippen molar-refractivity contribution in [3.63, 3.8) is 0 Å². The van der Waals surface area contributed by atoms with Gasteiger partial charge in [-0.05, 0) is 45.3 Å². The van der Waals surface area contributed by atoms with Gasteiger partial charge in [0, 0.05) is 32.3 Å². The Morgan fingerprint density at radius 1 is 0.404 bits per heavy atom. The highest BCUT2D eigenvalue weighted by Gasteiger charge is 2.17.